The van der Waals surface area contributed by atoms with Crippen molar-refractivity contribution < 1.29 is 45.5 Å². The Labute approximate surface area is 243 Å². The van der Waals surface area contributed by atoms with Crippen LogP contribution in [0.1, 0.15) is 61.6 Å². The third-order valence-electron chi connectivity index (χ3n) is 7.35. The number of carbonyl (C=O) groups is 3. The van der Waals surface area contributed by atoms with Crippen LogP contribution >= 0.6 is 0 Å². The highest BCUT2D eigenvalue weighted by atomic mass is 19.4. The number of benzene rings is 2. The minimum atomic E-state index is -4.72. The van der Waals surface area contributed by atoms with Crippen LogP contribution in [0.3, 0.4) is 0 Å². The molecule has 4 rings (SSSR count). The third-order valence-corrected chi connectivity index (χ3v) is 7.35. The Bertz CT molecular complexity index is 1360. The maximum absolute atomic E-state index is 13.5. The van der Waals surface area contributed by atoms with E-state index in [1.54, 1.807) is 48.5 Å². The zero-order valence-corrected chi connectivity index (χ0v) is 23.0. The predicted octanol–water partition coefficient (Wildman–Crippen LogP) is 5.43. The summed E-state index contributed by atoms with van der Waals surface area (Å²) in [6.07, 6.45) is -14.2. The molecule has 0 saturated heterocycles. The Kier molecular flexibility index (Phi) is 9.81. The molecule has 3 atom stereocenters. The minimum Gasteiger partial charge on any atom is -0.490 e. The van der Waals surface area contributed by atoms with Crippen molar-refractivity contribution in [2.45, 2.75) is 76.0 Å². The van der Waals surface area contributed by atoms with Crippen LogP contribution in [0, 0.1) is 11.8 Å². The molecule has 0 spiro atoms. The predicted molar refractivity (Wildman–Crippen MR) is 144 cm³/mol. The Hall–Kier alpha value is -3.90. The van der Waals surface area contributed by atoms with Gasteiger partial charge in [-0.2, -0.15) is 26.3 Å². The van der Waals surface area contributed by atoms with Crippen molar-refractivity contribution in [1.82, 2.24) is 5.32 Å². The molecule has 1 aliphatic heterocycles. The van der Waals surface area contributed by atoms with Crippen molar-refractivity contribution in [3.05, 3.63) is 65.2 Å². The van der Waals surface area contributed by atoms with Gasteiger partial charge in [0.05, 0.1) is 11.8 Å². The highest BCUT2D eigenvalue weighted by Crippen LogP contribution is 2.35. The lowest BCUT2D eigenvalue weighted by Crippen LogP contribution is -2.47. The van der Waals surface area contributed by atoms with Gasteiger partial charge < -0.3 is 15.8 Å². The molecule has 232 valence electrons. The number of alkyl halides is 6. The van der Waals surface area contributed by atoms with Crippen LogP contribution in [-0.4, -0.2) is 47.9 Å². The molecule has 0 unspecified atom stereocenters. The molecule has 13 heteroatoms. The number of nitrogens with two attached hydrogens (primary N) is 1. The average molecular weight is 612 g/mol. The number of ether oxygens (including phenoxy) is 1. The van der Waals surface area contributed by atoms with E-state index in [4.69, 9.17) is 10.5 Å². The first kappa shape index (κ1) is 32.0. The van der Waals surface area contributed by atoms with E-state index >= 15 is 0 Å². The van der Waals surface area contributed by atoms with E-state index in [1.807, 2.05) is 0 Å². The molecule has 1 heterocycles. The number of halogens is 6. The lowest BCUT2D eigenvalue weighted by atomic mass is 9.83. The molecule has 2 aliphatic rings. The summed E-state index contributed by atoms with van der Waals surface area (Å²) in [6, 6.07) is 13.9. The van der Waals surface area contributed by atoms with E-state index in [2.05, 4.69) is 10.3 Å². The molecular weight excluding hydrogens is 580 g/mol. The van der Waals surface area contributed by atoms with Gasteiger partial charge in [-0.05, 0) is 38.2 Å². The van der Waals surface area contributed by atoms with Crippen LogP contribution in [0.2, 0.25) is 0 Å². The standard InChI is InChI=1S/C30H31F6N3O4/c31-29(32,33)14-5-9-20(26(37)41)21(13-15-30(34,35)36)28(42)39-27-23(40)16-22-19(8-4-10-24(22)43-18-11-12-18)25(38-27)17-6-2-1-3-7-17/h1-4,6-8,10,18,20-21,27H,5,9,11-16H2,(H2,37,41)(H,39,42)/t20-,21+,27+/m0/s1. The second-order valence-corrected chi connectivity index (χ2v) is 10.8. The number of amides is 2. The Morgan fingerprint density at radius 1 is 0.930 bits per heavy atom. The number of nitrogens with zero attached hydrogens (tertiary/aromatic N) is 1. The molecule has 2 aromatic rings. The van der Waals surface area contributed by atoms with Gasteiger partial charge in [0.15, 0.2) is 11.9 Å². The first-order chi connectivity index (χ1) is 20.2. The normalized spacial score (nSPS) is 18.6. The summed E-state index contributed by atoms with van der Waals surface area (Å²) in [6.45, 7) is 0. The molecule has 2 amide bonds. The van der Waals surface area contributed by atoms with E-state index in [0.717, 1.165) is 12.8 Å². The van der Waals surface area contributed by atoms with Gasteiger partial charge >= 0.3 is 12.4 Å². The summed E-state index contributed by atoms with van der Waals surface area (Å²) in [5.41, 5.74) is 7.41. The molecule has 1 fully saturated rings. The monoisotopic (exact) mass is 611 g/mol. The van der Waals surface area contributed by atoms with Gasteiger partial charge in [-0.15, -0.1) is 0 Å². The molecule has 1 aliphatic carbocycles. The highest BCUT2D eigenvalue weighted by Gasteiger charge is 2.39. The molecule has 1 saturated carbocycles. The quantitative estimate of drug-likeness (QED) is 0.312. The summed E-state index contributed by atoms with van der Waals surface area (Å²) >= 11 is 0. The maximum Gasteiger partial charge on any atom is 0.389 e. The number of nitrogens with one attached hydrogen (secondary N) is 1. The average Bonchev–Trinajstić information content (AvgIpc) is 3.75. The van der Waals surface area contributed by atoms with Crippen molar-refractivity contribution in [3.63, 3.8) is 0 Å². The van der Waals surface area contributed by atoms with Crippen LogP contribution in [-0.2, 0) is 20.8 Å². The number of ketones is 1. The molecule has 2 aromatic carbocycles. The fraction of sp³-hybridized carbons (Fsp3) is 0.467. The Morgan fingerprint density at radius 2 is 1.60 bits per heavy atom. The van der Waals surface area contributed by atoms with Gasteiger partial charge in [0.2, 0.25) is 11.8 Å². The molecule has 0 aromatic heterocycles. The number of hydrogen-bond acceptors (Lipinski definition) is 5. The molecule has 43 heavy (non-hydrogen) atoms. The van der Waals surface area contributed by atoms with Gasteiger partial charge in [0.25, 0.3) is 0 Å². The fourth-order valence-corrected chi connectivity index (χ4v) is 5.07. The van der Waals surface area contributed by atoms with Crippen molar-refractivity contribution in [1.29, 1.82) is 0 Å². The summed E-state index contributed by atoms with van der Waals surface area (Å²) < 4.78 is 83.8. The Balaban J connectivity index is 1.66. The molecule has 0 radical (unpaired) electrons. The van der Waals surface area contributed by atoms with E-state index < -0.39 is 80.1 Å². The maximum atomic E-state index is 13.5. The van der Waals surface area contributed by atoms with Gasteiger partial charge in [-0.1, -0.05) is 42.5 Å². The number of carbonyl (C=O) groups excluding carboxylic acids is 3. The number of fused-ring (bicyclic) bond motifs is 1. The number of rotatable bonds is 12. The Morgan fingerprint density at radius 3 is 2.21 bits per heavy atom. The molecule has 3 N–H and O–H groups in total. The van der Waals surface area contributed by atoms with Crippen LogP contribution in [0.5, 0.6) is 5.75 Å². The lowest BCUT2D eigenvalue weighted by molar-refractivity contribution is -0.147. The zero-order valence-electron chi connectivity index (χ0n) is 23.0. The largest absolute Gasteiger partial charge is 0.490 e. The van der Waals surface area contributed by atoms with E-state index in [-0.39, 0.29) is 12.5 Å². The molecule has 0 bridgehead atoms. The van der Waals surface area contributed by atoms with Crippen molar-refractivity contribution in [2.75, 3.05) is 0 Å². The molecular formula is C30H31F6N3O4. The second kappa shape index (κ2) is 13.2. The topological polar surface area (TPSA) is 111 Å². The van der Waals surface area contributed by atoms with E-state index in [9.17, 15) is 40.7 Å². The van der Waals surface area contributed by atoms with Crippen LogP contribution in [0.15, 0.2) is 53.5 Å². The highest BCUT2D eigenvalue weighted by molar-refractivity contribution is 6.16. The second-order valence-electron chi connectivity index (χ2n) is 10.8. The zero-order chi connectivity index (χ0) is 31.4. The van der Waals surface area contributed by atoms with Gasteiger partial charge in [-0.3, -0.25) is 19.4 Å². The van der Waals surface area contributed by atoms with Crippen LogP contribution in [0.25, 0.3) is 0 Å². The minimum absolute atomic E-state index is 0.00920. The van der Waals surface area contributed by atoms with E-state index in [0.29, 0.717) is 28.2 Å². The number of aliphatic imine (C=N–C) groups is 1. The van der Waals surface area contributed by atoms with Gasteiger partial charge in [0, 0.05) is 47.8 Å². The van der Waals surface area contributed by atoms with Gasteiger partial charge in [-0.25, -0.2) is 0 Å². The third kappa shape index (κ3) is 9.04. The number of Topliss-reactive ketones (excluding diaryl/α,β-unsaturated/α-hetero) is 1. The lowest BCUT2D eigenvalue weighted by Gasteiger charge is -2.26. The first-order valence-corrected chi connectivity index (χ1v) is 13.9. The fourth-order valence-electron chi connectivity index (χ4n) is 5.07. The van der Waals surface area contributed by atoms with E-state index in [1.165, 1.54) is 0 Å². The van der Waals surface area contributed by atoms with Crippen molar-refractivity contribution in [2.24, 2.45) is 22.6 Å². The van der Waals surface area contributed by atoms with Gasteiger partial charge in [0.1, 0.15) is 5.75 Å². The number of primary amides is 1. The SMILES string of the molecule is NC(=O)[C@@H](CCCC(F)(F)F)[C@@H](CCC(F)(F)F)C(=O)N[C@H]1N=C(c2ccccc2)c2cccc(OC3CC3)c2CC1=O. The van der Waals surface area contributed by atoms with Crippen LogP contribution in [0.4, 0.5) is 26.3 Å². The first-order valence-electron chi connectivity index (χ1n) is 13.9. The summed E-state index contributed by atoms with van der Waals surface area (Å²) in [7, 11) is 0. The molecule has 7 nitrogen and oxygen atoms in total. The number of hydrogen-bond donors (Lipinski definition) is 2. The summed E-state index contributed by atoms with van der Waals surface area (Å²) in [5.74, 6) is -5.82. The smallest absolute Gasteiger partial charge is 0.389 e. The summed E-state index contributed by atoms with van der Waals surface area (Å²) in [4.78, 5) is 43.7. The van der Waals surface area contributed by atoms with Crippen molar-refractivity contribution in [3.8, 4) is 5.75 Å². The van der Waals surface area contributed by atoms with Crippen molar-refractivity contribution >= 4 is 23.3 Å². The summed E-state index contributed by atoms with van der Waals surface area (Å²) in [5, 5.41) is 2.38. The van der Waals surface area contributed by atoms with Crippen LogP contribution < -0.4 is 15.8 Å².